The van der Waals surface area contributed by atoms with E-state index < -0.39 is 0 Å². The summed E-state index contributed by atoms with van der Waals surface area (Å²) < 4.78 is 11.6. The van der Waals surface area contributed by atoms with Crippen molar-refractivity contribution >= 4 is 18.3 Å². The van der Waals surface area contributed by atoms with E-state index in [4.69, 9.17) is 9.47 Å². The Morgan fingerprint density at radius 3 is 2.26 bits per heavy atom. The Labute approximate surface area is 170 Å². The molecule has 0 aromatic heterocycles. The summed E-state index contributed by atoms with van der Waals surface area (Å²) >= 11 is 0. The van der Waals surface area contributed by atoms with Crippen LogP contribution >= 0.6 is 12.4 Å². The summed E-state index contributed by atoms with van der Waals surface area (Å²) in [4.78, 5) is 15.2. The Morgan fingerprint density at radius 2 is 1.67 bits per heavy atom. The van der Waals surface area contributed by atoms with Gasteiger partial charge in [-0.1, -0.05) is 20.8 Å². The van der Waals surface area contributed by atoms with Gasteiger partial charge in [0.2, 0.25) is 0 Å². The summed E-state index contributed by atoms with van der Waals surface area (Å²) in [5.41, 5.74) is 0.687. The van der Waals surface area contributed by atoms with Crippen LogP contribution in [0.15, 0.2) is 18.2 Å². The van der Waals surface area contributed by atoms with Crippen LogP contribution in [0.1, 0.15) is 63.2 Å². The van der Waals surface area contributed by atoms with Crippen LogP contribution in [0.25, 0.3) is 0 Å². The number of benzene rings is 1. The molecule has 5 nitrogen and oxygen atoms in total. The molecule has 1 aliphatic rings. The zero-order valence-corrected chi connectivity index (χ0v) is 17.8. The van der Waals surface area contributed by atoms with E-state index in [0.29, 0.717) is 30.6 Å². The molecule has 1 heterocycles. The number of nitrogens with one attached hydrogen (secondary N) is 1. The number of amides is 1. The number of hydrogen-bond acceptors (Lipinski definition) is 4. The minimum Gasteiger partial charge on any atom is -0.490 e. The number of halogens is 1. The number of piperidine rings is 1. The normalized spacial score (nSPS) is 14.3. The van der Waals surface area contributed by atoms with E-state index >= 15 is 0 Å². The molecule has 0 aliphatic carbocycles. The summed E-state index contributed by atoms with van der Waals surface area (Å²) in [5, 5.41) is 3.38. The van der Waals surface area contributed by atoms with Gasteiger partial charge in [0.05, 0.1) is 13.2 Å². The van der Waals surface area contributed by atoms with Crippen molar-refractivity contribution in [1.29, 1.82) is 0 Å². The molecule has 2 rings (SSSR count). The summed E-state index contributed by atoms with van der Waals surface area (Å²) in [6, 6.07) is 5.92. The summed E-state index contributed by atoms with van der Waals surface area (Å²) in [7, 11) is 0. The Balaban J connectivity index is 0.00000364. The van der Waals surface area contributed by atoms with E-state index in [2.05, 4.69) is 26.1 Å². The van der Waals surface area contributed by atoms with Crippen molar-refractivity contribution in [1.82, 2.24) is 10.2 Å². The second-order valence-corrected chi connectivity index (χ2v) is 6.84. The van der Waals surface area contributed by atoms with Gasteiger partial charge in [0, 0.05) is 18.2 Å². The van der Waals surface area contributed by atoms with Gasteiger partial charge in [-0.05, 0) is 63.4 Å². The van der Waals surface area contributed by atoms with Crippen LogP contribution in [0.3, 0.4) is 0 Å². The fourth-order valence-electron chi connectivity index (χ4n) is 3.27. The third-order valence-corrected chi connectivity index (χ3v) is 4.59. The maximum Gasteiger partial charge on any atom is 0.254 e. The predicted octanol–water partition coefficient (Wildman–Crippen LogP) is 4.29. The second-order valence-electron chi connectivity index (χ2n) is 6.84. The molecule has 6 heteroatoms. The Morgan fingerprint density at radius 1 is 1.04 bits per heavy atom. The molecule has 27 heavy (non-hydrogen) atoms. The lowest BCUT2D eigenvalue weighted by Gasteiger charge is -2.34. The van der Waals surface area contributed by atoms with Gasteiger partial charge in [-0.15, -0.1) is 12.4 Å². The van der Waals surface area contributed by atoms with Crippen molar-refractivity contribution in [3.63, 3.8) is 0 Å². The van der Waals surface area contributed by atoms with Gasteiger partial charge in [-0.3, -0.25) is 4.79 Å². The lowest BCUT2D eigenvalue weighted by molar-refractivity contribution is 0.0642. The van der Waals surface area contributed by atoms with Crippen LogP contribution in [0, 0.1) is 0 Å². The lowest BCUT2D eigenvalue weighted by Crippen LogP contribution is -2.46. The quantitative estimate of drug-likeness (QED) is 0.638. The molecule has 0 unspecified atom stereocenters. The fourth-order valence-corrected chi connectivity index (χ4v) is 3.27. The first kappa shape index (κ1) is 23.6. The van der Waals surface area contributed by atoms with Crippen LogP contribution in [-0.2, 0) is 0 Å². The van der Waals surface area contributed by atoms with Crippen molar-refractivity contribution in [2.75, 3.05) is 32.8 Å². The Hall–Kier alpha value is -1.46. The monoisotopic (exact) mass is 398 g/mol. The van der Waals surface area contributed by atoms with Gasteiger partial charge < -0.3 is 19.7 Å². The van der Waals surface area contributed by atoms with Crippen molar-refractivity contribution in [2.45, 2.75) is 58.9 Å². The Bertz CT molecular complexity index is 562. The summed E-state index contributed by atoms with van der Waals surface area (Å²) in [6.07, 6.45) is 4.86. The number of carbonyl (C=O) groups is 1. The van der Waals surface area contributed by atoms with Crippen LogP contribution in [0.5, 0.6) is 11.5 Å². The van der Waals surface area contributed by atoms with Crippen molar-refractivity contribution < 1.29 is 14.3 Å². The van der Waals surface area contributed by atoms with Crippen LogP contribution in [0.2, 0.25) is 0 Å². The largest absolute Gasteiger partial charge is 0.490 e. The molecule has 1 aliphatic heterocycles. The molecule has 0 saturated carbocycles. The highest BCUT2D eigenvalue weighted by atomic mass is 35.5. The summed E-state index contributed by atoms with van der Waals surface area (Å²) in [6.45, 7) is 10.3. The molecular formula is C21H35ClN2O3. The molecule has 1 amide bonds. The Kier molecular flexibility index (Phi) is 11.2. The number of rotatable bonds is 10. The molecular weight excluding hydrogens is 364 g/mol. The molecule has 0 atom stereocenters. The molecule has 1 aromatic carbocycles. The second kappa shape index (κ2) is 12.8. The van der Waals surface area contributed by atoms with E-state index in [1.54, 1.807) is 0 Å². The smallest absolute Gasteiger partial charge is 0.254 e. The highest BCUT2D eigenvalue weighted by Crippen LogP contribution is 2.30. The molecule has 0 spiro atoms. The standard InChI is InChI=1S/C21H34N2O3.ClH/c1-4-13-23(18-9-11-22-12-10-18)21(24)17-7-8-19(25-14-5-2)20(16-17)26-15-6-3;/h7-8,16,18,22H,4-6,9-15H2,1-3H3;1H. The van der Waals surface area contributed by atoms with Gasteiger partial charge in [0.25, 0.3) is 5.91 Å². The molecule has 1 N–H and O–H groups in total. The lowest BCUT2D eigenvalue weighted by atomic mass is 10.0. The summed E-state index contributed by atoms with van der Waals surface area (Å²) in [5.74, 6) is 1.50. The maximum absolute atomic E-state index is 13.2. The number of hydrogen-bond donors (Lipinski definition) is 1. The average Bonchev–Trinajstić information content (AvgIpc) is 2.69. The van der Waals surface area contributed by atoms with E-state index in [1.807, 2.05) is 23.1 Å². The minimum absolute atomic E-state index is 0. The zero-order valence-electron chi connectivity index (χ0n) is 17.0. The van der Waals surface area contributed by atoms with E-state index in [9.17, 15) is 4.79 Å². The third-order valence-electron chi connectivity index (χ3n) is 4.59. The number of nitrogens with zero attached hydrogens (tertiary/aromatic N) is 1. The minimum atomic E-state index is 0. The van der Waals surface area contributed by atoms with Crippen LogP contribution in [0.4, 0.5) is 0 Å². The van der Waals surface area contributed by atoms with E-state index in [1.165, 1.54) is 0 Å². The molecule has 154 valence electrons. The highest BCUT2D eigenvalue weighted by Gasteiger charge is 2.26. The van der Waals surface area contributed by atoms with Gasteiger partial charge in [-0.25, -0.2) is 0 Å². The first-order chi connectivity index (χ1) is 12.7. The fraction of sp³-hybridized carbons (Fsp3) is 0.667. The van der Waals surface area contributed by atoms with Crippen LogP contribution in [-0.4, -0.2) is 49.7 Å². The number of carbonyl (C=O) groups excluding carboxylic acids is 1. The van der Waals surface area contributed by atoms with Crippen molar-refractivity contribution in [3.05, 3.63) is 23.8 Å². The maximum atomic E-state index is 13.2. The molecule has 0 radical (unpaired) electrons. The first-order valence-electron chi connectivity index (χ1n) is 10.1. The van der Waals surface area contributed by atoms with Gasteiger partial charge in [0.1, 0.15) is 0 Å². The molecule has 1 aromatic rings. The number of ether oxygens (including phenoxy) is 2. The van der Waals surface area contributed by atoms with Crippen LogP contribution < -0.4 is 14.8 Å². The van der Waals surface area contributed by atoms with E-state index in [-0.39, 0.29) is 18.3 Å². The average molecular weight is 399 g/mol. The van der Waals surface area contributed by atoms with Crippen molar-refractivity contribution in [3.8, 4) is 11.5 Å². The zero-order chi connectivity index (χ0) is 18.8. The highest BCUT2D eigenvalue weighted by molar-refractivity contribution is 5.95. The molecule has 1 fully saturated rings. The SMILES string of the molecule is CCCOc1ccc(C(=O)N(CCC)C2CCNCC2)cc1OCCC.Cl. The predicted molar refractivity (Wildman–Crippen MR) is 112 cm³/mol. The van der Waals surface area contributed by atoms with Gasteiger partial charge in [-0.2, -0.15) is 0 Å². The van der Waals surface area contributed by atoms with Crippen molar-refractivity contribution in [2.24, 2.45) is 0 Å². The topological polar surface area (TPSA) is 50.8 Å². The van der Waals surface area contributed by atoms with E-state index in [0.717, 1.165) is 57.5 Å². The van der Waals surface area contributed by atoms with Gasteiger partial charge in [0.15, 0.2) is 11.5 Å². The van der Waals surface area contributed by atoms with Gasteiger partial charge >= 0.3 is 0 Å². The molecule has 0 bridgehead atoms. The third kappa shape index (κ3) is 6.89. The first-order valence-corrected chi connectivity index (χ1v) is 10.1. The molecule has 1 saturated heterocycles.